The summed E-state index contributed by atoms with van der Waals surface area (Å²) in [4.78, 5) is 25.5. The van der Waals surface area contributed by atoms with Crippen LogP contribution in [0.3, 0.4) is 0 Å². The highest BCUT2D eigenvalue weighted by Gasteiger charge is 2.26. The minimum atomic E-state index is -0.711. The fraction of sp³-hybridized carbons (Fsp3) is 0.556. The van der Waals surface area contributed by atoms with Gasteiger partial charge >= 0.3 is 12.1 Å². The number of hydrogen-bond donors (Lipinski definition) is 2. The first-order chi connectivity index (χ1) is 10.9. The largest absolute Gasteiger partial charge is 0.443 e. The number of urea groups is 1. The summed E-state index contributed by atoms with van der Waals surface area (Å²) in [7, 11) is 0. The van der Waals surface area contributed by atoms with Crippen LogP contribution in [-0.2, 0) is 10.2 Å². The maximum absolute atomic E-state index is 12.4. The van der Waals surface area contributed by atoms with Gasteiger partial charge in [0.2, 0.25) is 0 Å². The lowest BCUT2D eigenvalue weighted by Gasteiger charge is -2.26. The molecule has 0 aliphatic heterocycles. The average molecular weight is 335 g/mol. The highest BCUT2D eigenvalue weighted by Crippen LogP contribution is 2.23. The third kappa shape index (κ3) is 6.20. The van der Waals surface area contributed by atoms with Crippen molar-refractivity contribution in [2.75, 3.05) is 18.4 Å². The van der Waals surface area contributed by atoms with E-state index in [1.165, 1.54) is 0 Å². The van der Waals surface area contributed by atoms with E-state index in [4.69, 9.17) is 10.5 Å². The van der Waals surface area contributed by atoms with E-state index in [2.05, 4.69) is 26.1 Å². The number of ether oxygens (including phenoxy) is 1. The fourth-order valence-corrected chi connectivity index (χ4v) is 1.97. The van der Waals surface area contributed by atoms with Gasteiger partial charge in [-0.25, -0.2) is 14.5 Å². The van der Waals surface area contributed by atoms with Gasteiger partial charge in [0.1, 0.15) is 5.60 Å². The topological polar surface area (TPSA) is 84.7 Å². The molecule has 24 heavy (non-hydrogen) atoms. The van der Waals surface area contributed by atoms with Crippen molar-refractivity contribution >= 4 is 17.8 Å². The highest BCUT2D eigenvalue weighted by atomic mass is 16.6. The minimum Gasteiger partial charge on any atom is -0.443 e. The zero-order valence-corrected chi connectivity index (χ0v) is 15.5. The van der Waals surface area contributed by atoms with E-state index in [0.717, 1.165) is 10.5 Å². The van der Waals surface area contributed by atoms with Crippen LogP contribution in [0.4, 0.5) is 15.3 Å². The lowest BCUT2D eigenvalue weighted by atomic mass is 9.87. The molecule has 0 heterocycles. The van der Waals surface area contributed by atoms with Gasteiger partial charge in [-0.3, -0.25) is 0 Å². The SMILES string of the molecule is CC(C)(C)OC(=O)N(CCN)C(=O)Nc1ccc(C(C)(C)C)cc1. The molecule has 0 aliphatic carbocycles. The summed E-state index contributed by atoms with van der Waals surface area (Å²) in [6.07, 6.45) is -0.711. The number of amides is 3. The number of anilines is 1. The number of carbonyl (C=O) groups is 2. The molecule has 1 rings (SSSR count). The Labute approximate surface area is 144 Å². The van der Waals surface area contributed by atoms with Crippen molar-refractivity contribution in [1.82, 2.24) is 4.90 Å². The normalized spacial score (nSPS) is 11.8. The minimum absolute atomic E-state index is 0.0324. The molecule has 3 N–H and O–H groups in total. The molecular weight excluding hydrogens is 306 g/mol. The van der Waals surface area contributed by atoms with Crippen LogP contribution < -0.4 is 11.1 Å². The monoisotopic (exact) mass is 335 g/mol. The molecule has 1 aromatic carbocycles. The van der Waals surface area contributed by atoms with Crippen molar-refractivity contribution in [2.45, 2.75) is 52.6 Å². The van der Waals surface area contributed by atoms with Crippen LogP contribution in [0.2, 0.25) is 0 Å². The van der Waals surface area contributed by atoms with Crippen LogP contribution in [-0.4, -0.2) is 35.7 Å². The quantitative estimate of drug-likeness (QED) is 0.882. The van der Waals surface area contributed by atoms with Crippen molar-refractivity contribution in [3.05, 3.63) is 29.8 Å². The Morgan fingerprint density at radius 3 is 2.04 bits per heavy atom. The van der Waals surface area contributed by atoms with Gasteiger partial charge in [-0.2, -0.15) is 0 Å². The van der Waals surface area contributed by atoms with E-state index in [1.54, 1.807) is 20.8 Å². The predicted octanol–water partition coefficient (Wildman–Crippen LogP) is 3.71. The number of rotatable bonds is 3. The zero-order valence-electron chi connectivity index (χ0n) is 15.5. The number of nitrogens with one attached hydrogen (secondary N) is 1. The number of imide groups is 1. The summed E-state index contributed by atoms with van der Waals surface area (Å²) in [6.45, 7) is 11.8. The molecule has 3 amide bonds. The second kappa shape index (κ2) is 7.66. The molecule has 0 aliphatic rings. The summed E-state index contributed by atoms with van der Waals surface area (Å²) >= 11 is 0. The van der Waals surface area contributed by atoms with E-state index in [0.29, 0.717) is 5.69 Å². The van der Waals surface area contributed by atoms with Gasteiger partial charge in [0.05, 0.1) is 0 Å². The number of nitrogens with two attached hydrogens (primary N) is 1. The molecule has 6 nitrogen and oxygen atoms in total. The predicted molar refractivity (Wildman–Crippen MR) is 96.2 cm³/mol. The van der Waals surface area contributed by atoms with Gasteiger partial charge in [-0.1, -0.05) is 32.9 Å². The summed E-state index contributed by atoms with van der Waals surface area (Å²) in [5.41, 5.74) is 6.62. The molecule has 0 saturated carbocycles. The first-order valence-electron chi connectivity index (χ1n) is 8.06. The smallest absolute Gasteiger partial charge is 0.418 e. The third-order valence-corrected chi connectivity index (χ3v) is 3.21. The van der Waals surface area contributed by atoms with Crippen LogP contribution in [0.5, 0.6) is 0 Å². The number of hydrogen-bond acceptors (Lipinski definition) is 4. The molecule has 0 radical (unpaired) electrons. The van der Waals surface area contributed by atoms with Crippen LogP contribution in [0.15, 0.2) is 24.3 Å². The summed E-state index contributed by atoms with van der Waals surface area (Å²) in [5, 5.41) is 2.70. The Balaban J connectivity index is 2.83. The average Bonchev–Trinajstić information content (AvgIpc) is 2.42. The number of benzene rings is 1. The molecule has 0 atom stereocenters. The molecule has 0 spiro atoms. The maximum Gasteiger partial charge on any atom is 0.418 e. The molecule has 0 saturated heterocycles. The fourth-order valence-electron chi connectivity index (χ4n) is 1.97. The molecular formula is C18H29N3O3. The van der Waals surface area contributed by atoms with Crippen molar-refractivity contribution in [3.63, 3.8) is 0 Å². The first kappa shape index (κ1) is 20.0. The van der Waals surface area contributed by atoms with Gasteiger partial charge in [0, 0.05) is 18.8 Å². The third-order valence-electron chi connectivity index (χ3n) is 3.21. The molecule has 0 bridgehead atoms. The van der Waals surface area contributed by atoms with Gasteiger partial charge < -0.3 is 15.8 Å². The highest BCUT2D eigenvalue weighted by molar-refractivity contribution is 5.99. The Morgan fingerprint density at radius 1 is 1.08 bits per heavy atom. The van der Waals surface area contributed by atoms with Crippen molar-refractivity contribution in [2.24, 2.45) is 5.73 Å². The van der Waals surface area contributed by atoms with Crippen molar-refractivity contribution < 1.29 is 14.3 Å². The number of nitrogens with zero attached hydrogens (tertiary/aromatic N) is 1. The van der Waals surface area contributed by atoms with Gasteiger partial charge in [0.25, 0.3) is 0 Å². The lowest BCUT2D eigenvalue weighted by molar-refractivity contribution is 0.0337. The van der Waals surface area contributed by atoms with Crippen molar-refractivity contribution in [3.8, 4) is 0 Å². The molecule has 134 valence electrons. The van der Waals surface area contributed by atoms with Crippen molar-refractivity contribution in [1.29, 1.82) is 0 Å². The van der Waals surface area contributed by atoms with Crippen LogP contribution in [0.1, 0.15) is 47.1 Å². The molecule has 1 aromatic rings. The van der Waals surface area contributed by atoms with Gasteiger partial charge in [0.15, 0.2) is 0 Å². The van der Waals surface area contributed by atoms with Crippen LogP contribution in [0, 0.1) is 0 Å². The Morgan fingerprint density at radius 2 is 1.62 bits per heavy atom. The standard InChI is InChI=1S/C18H29N3O3/c1-17(2,3)13-7-9-14(10-8-13)20-15(22)21(12-11-19)16(23)24-18(4,5)6/h7-10H,11-12,19H2,1-6H3,(H,20,22). The Kier molecular flexibility index (Phi) is 6.37. The van der Waals surface area contributed by atoms with E-state index >= 15 is 0 Å². The Bertz CT molecular complexity index is 569. The molecule has 6 heteroatoms. The van der Waals surface area contributed by atoms with Gasteiger partial charge in [-0.05, 0) is 43.9 Å². The summed E-state index contributed by atoms with van der Waals surface area (Å²) in [5.74, 6) is 0. The molecule has 0 aromatic heterocycles. The zero-order chi connectivity index (χ0) is 18.5. The second-order valence-electron chi connectivity index (χ2n) is 7.68. The van der Waals surface area contributed by atoms with Gasteiger partial charge in [-0.15, -0.1) is 0 Å². The second-order valence-corrected chi connectivity index (χ2v) is 7.68. The van der Waals surface area contributed by atoms with E-state index < -0.39 is 17.7 Å². The van der Waals surface area contributed by atoms with E-state index in [-0.39, 0.29) is 18.5 Å². The summed E-state index contributed by atoms with van der Waals surface area (Å²) < 4.78 is 5.25. The van der Waals surface area contributed by atoms with E-state index in [1.807, 2.05) is 24.3 Å². The maximum atomic E-state index is 12.4. The van der Waals surface area contributed by atoms with Crippen LogP contribution in [0.25, 0.3) is 0 Å². The molecule has 0 fully saturated rings. The van der Waals surface area contributed by atoms with E-state index in [9.17, 15) is 9.59 Å². The summed E-state index contributed by atoms with van der Waals surface area (Å²) in [6, 6.07) is 6.98. The van der Waals surface area contributed by atoms with Crippen LogP contribution >= 0.6 is 0 Å². The Hall–Kier alpha value is -2.08. The first-order valence-corrected chi connectivity index (χ1v) is 8.06. The number of carbonyl (C=O) groups excluding carboxylic acids is 2. The lowest BCUT2D eigenvalue weighted by Crippen LogP contribution is -2.45. The molecule has 0 unspecified atom stereocenters.